The number of amides is 2. The van der Waals surface area contributed by atoms with Crippen molar-refractivity contribution in [1.82, 2.24) is 14.7 Å². The van der Waals surface area contributed by atoms with Gasteiger partial charge in [-0.05, 0) is 30.2 Å². The van der Waals surface area contributed by atoms with E-state index in [0.717, 1.165) is 11.8 Å². The van der Waals surface area contributed by atoms with E-state index in [0.29, 0.717) is 24.3 Å². The van der Waals surface area contributed by atoms with Crippen LogP contribution in [0.4, 0.5) is 10.5 Å². The largest absolute Gasteiger partial charge is 0.396 e. The molecule has 3 rings (SSSR count). The fraction of sp³-hybridized carbons (Fsp3) is 0.444. The molecule has 0 unspecified atom stereocenters. The molecule has 2 atom stereocenters. The lowest BCUT2D eigenvalue weighted by Gasteiger charge is -2.18. The van der Waals surface area contributed by atoms with E-state index in [2.05, 4.69) is 10.4 Å². The highest BCUT2D eigenvalue weighted by Gasteiger charge is 2.36. The number of aliphatic hydroxyl groups is 1. The van der Waals surface area contributed by atoms with Gasteiger partial charge in [0.15, 0.2) is 9.84 Å². The van der Waals surface area contributed by atoms with E-state index in [-0.39, 0.29) is 29.4 Å². The number of rotatable bonds is 4. The van der Waals surface area contributed by atoms with Crippen molar-refractivity contribution in [1.29, 1.82) is 0 Å². The first-order valence-electron chi connectivity index (χ1n) is 8.65. The molecule has 0 aliphatic carbocycles. The Balaban J connectivity index is 1.75. The minimum absolute atomic E-state index is 0.0130. The zero-order chi connectivity index (χ0) is 19.8. The highest BCUT2D eigenvalue weighted by atomic mass is 32.2. The number of carbonyl (C=O) groups excluding carboxylic acids is 1. The number of urea groups is 1. The summed E-state index contributed by atoms with van der Waals surface area (Å²) in [6, 6.07) is 4.51. The zero-order valence-corrected chi connectivity index (χ0v) is 16.4. The maximum Gasteiger partial charge on any atom is 0.321 e. The van der Waals surface area contributed by atoms with Crippen LogP contribution >= 0.6 is 0 Å². The molecule has 2 heterocycles. The summed E-state index contributed by atoms with van der Waals surface area (Å²) in [5, 5.41) is 16.6. The molecule has 1 aliphatic heterocycles. The quantitative estimate of drug-likeness (QED) is 0.818. The maximum absolute atomic E-state index is 12.7. The van der Waals surface area contributed by atoms with Gasteiger partial charge in [-0.1, -0.05) is 6.07 Å². The smallest absolute Gasteiger partial charge is 0.321 e. The van der Waals surface area contributed by atoms with Crippen LogP contribution in [-0.4, -0.2) is 60.2 Å². The van der Waals surface area contributed by atoms with Gasteiger partial charge < -0.3 is 15.3 Å². The minimum Gasteiger partial charge on any atom is -0.396 e. The van der Waals surface area contributed by atoms with E-state index >= 15 is 0 Å². The fourth-order valence-electron chi connectivity index (χ4n) is 3.51. The molecule has 1 aromatic heterocycles. The Hall–Kier alpha value is -2.39. The molecular formula is C18H24N4O4S. The third kappa shape index (κ3) is 4.14. The third-order valence-electron chi connectivity index (χ3n) is 4.95. The number of aromatic nitrogens is 2. The molecule has 1 fully saturated rings. The second kappa shape index (κ2) is 7.32. The number of anilines is 1. The summed E-state index contributed by atoms with van der Waals surface area (Å²) in [6.07, 6.45) is 4.80. The van der Waals surface area contributed by atoms with Crippen LogP contribution in [-0.2, 0) is 16.9 Å². The van der Waals surface area contributed by atoms with Crippen LogP contribution in [0.15, 0.2) is 35.5 Å². The molecule has 0 saturated carbocycles. The minimum atomic E-state index is -3.37. The monoisotopic (exact) mass is 392 g/mol. The van der Waals surface area contributed by atoms with E-state index in [1.165, 1.54) is 6.07 Å². The lowest BCUT2D eigenvalue weighted by atomic mass is 9.92. The summed E-state index contributed by atoms with van der Waals surface area (Å²) in [5.41, 5.74) is 2.05. The van der Waals surface area contributed by atoms with Crippen LogP contribution in [0, 0.1) is 12.8 Å². The number of nitrogens with one attached hydrogen (secondary N) is 1. The first-order valence-corrected chi connectivity index (χ1v) is 10.5. The van der Waals surface area contributed by atoms with Gasteiger partial charge in [0.2, 0.25) is 0 Å². The lowest BCUT2D eigenvalue weighted by Crippen LogP contribution is -2.33. The van der Waals surface area contributed by atoms with E-state index < -0.39 is 9.84 Å². The van der Waals surface area contributed by atoms with Gasteiger partial charge in [0.05, 0.1) is 11.1 Å². The van der Waals surface area contributed by atoms with E-state index in [1.807, 2.05) is 13.2 Å². The number of aryl methyl sites for hydroxylation is 2. The number of hydrogen-bond donors (Lipinski definition) is 2. The normalized spacial score (nSPS) is 20.1. The van der Waals surface area contributed by atoms with E-state index in [1.54, 1.807) is 34.8 Å². The number of likely N-dealkylation sites (tertiary alicyclic amines) is 1. The lowest BCUT2D eigenvalue weighted by molar-refractivity contribution is 0.206. The van der Waals surface area contributed by atoms with Crippen molar-refractivity contribution in [2.24, 2.45) is 13.0 Å². The number of aliphatic hydroxyl groups excluding tert-OH is 1. The molecule has 2 aromatic rings. The van der Waals surface area contributed by atoms with Gasteiger partial charge in [-0.15, -0.1) is 0 Å². The van der Waals surface area contributed by atoms with Crippen LogP contribution in [0.1, 0.15) is 17.0 Å². The van der Waals surface area contributed by atoms with Crippen LogP contribution in [0.2, 0.25) is 0 Å². The molecule has 1 aromatic carbocycles. The number of nitrogens with zero attached hydrogens (tertiary/aromatic N) is 3. The summed E-state index contributed by atoms with van der Waals surface area (Å²) in [4.78, 5) is 14.5. The van der Waals surface area contributed by atoms with Crippen LogP contribution in [0.25, 0.3) is 0 Å². The van der Waals surface area contributed by atoms with Gasteiger partial charge in [0.1, 0.15) is 0 Å². The molecule has 0 bridgehead atoms. The maximum atomic E-state index is 12.7. The third-order valence-corrected chi connectivity index (χ3v) is 6.19. The summed E-state index contributed by atoms with van der Waals surface area (Å²) in [5.74, 6) is -0.0522. The Kier molecular flexibility index (Phi) is 5.25. The van der Waals surface area contributed by atoms with Crippen molar-refractivity contribution in [3.05, 3.63) is 41.7 Å². The van der Waals surface area contributed by atoms with Gasteiger partial charge in [-0.25, -0.2) is 13.2 Å². The summed E-state index contributed by atoms with van der Waals surface area (Å²) in [7, 11) is -1.55. The number of benzene rings is 1. The number of carbonyl (C=O) groups is 1. The molecule has 2 N–H and O–H groups in total. The molecule has 9 heteroatoms. The molecule has 8 nitrogen and oxygen atoms in total. The predicted molar refractivity (Wildman–Crippen MR) is 101 cm³/mol. The second-order valence-corrected chi connectivity index (χ2v) is 9.07. The molecule has 1 aliphatic rings. The molecule has 146 valence electrons. The highest BCUT2D eigenvalue weighted by molar-refractivity contribution is 7.90. The average Bonchev–Trinajstić information content (AvgIpc) is 3.21. The van der Waals surface area contributed by atoms with Crippen molar-refractivity contribution < 1.29 is 18.3 Å². The standard InChI is InChI=1S/C18H24N4O4S/c1-12-4-5-15(6-17(12)27(3,25)26)20-18(24)22-9-14(11-23)16(10-22)13-7-19-21(2)8-13/h4-8,14,16,23H,9-11H2,1-3H3,(H,20,24)/t14-,16-/m0/s1. The Morgan fingerprint density at radius 3 is 2.70 bits per heavy atom. The van der Waals surface area contributed by atoms with Gasteiger partial charge in [0, 0.05) is 56.7 Å². The molecule has 0 spiro atoms. The van der Waals surface area contributed by atoms with Gasteiger partial charge >= 0.3 is 6.03 Å². The van der Waals surface area contributed by atoms with Crippen LogP contribution < -0.4 is 5.32 Å². The van der Waals surface area contributed by atoms with Crippen molar-refractivity contribution in [2.45, 2.75) is 17.7 Å². The molecule has 0 radical (unpaired) electrons. The zero-order valence-electron chi connectivity index (χ0n) is 15.6. The van der Waals surface area contributed by atoms with E-state index in [9.17, 15) is 18.3 Å². The van der Waals surface area contributed by atoms with Gasteiger partial charge in [0.25, 0.3) is 0 Å². The summed E-state index contributed by atoms with van der Waals surface area (Å²) < 4.78 is 25.4. The topological polar surface area (TPSA) is 105 Å². The van der Waals surface area contributed by atoms with Crippen LogP contribution in [0.5, 0.6) is 0 Å². The first-order chi connectivity index (χ1) is 12.7. The number of hydrogen-bond acceptors (Lipinski definition) is 5. The molecular weight excluding hydrogens is 368 g/mol. The Morgan fingerprint density at radius 1 is 1.37 bits per heavy atom. The Bertz CT molecular complexity index is 954. The highest BCUT2D eigenvalue weighted by Crippen LogP contribution is 2.32. The van der Waals surface area contributed by atoms with Crippen molar-refractivity contribution >= 4 is 21.6 Å². The predicted octanol–water partition coefficient (Wildman–Crippen LogP) is 1.37. The summed E-state index contributed by atoms with van der Waals surface area (Å²) in [6.45, 7) is 2.58. The molecule has 1 saturated heterocycles. The van der Waals surface area contributed by atoms with E-state index in [4.69, 9.17) is 0 Å². The van der Waals surface area contributed by atoms with Gasteiger partial charge in [-0.3, -0.25) is 4.68 Å². The van der Waals surface area contributed by atoms with Crippen LogP contribution in [0.3, 0.4) is 0 Å². The Labute approximate surface area is 158 Å². The molecule has 2 amide bonds. The fourth-order valence-corrected chi connectivity index (χ4v) is 4.51. The summed E-state index contributed by atoms with van der Waals surface area (Å²) >= 11 is 0. The van der Waals surface area contributed by atoms with Crippen molar-refractivity contribution in [2.75, 3.05) is 31.3 Å². The van der Waals surface area contributed by atoms with Crippen molar-refractivity contribution in [3.63, 3.8) is 0 Å². The SMILES string of the molecule is Cc1ccc(NC(=O)N2C[C@@H](CO)[C@H](c3cnn(C)c3)C2)cc1S(C)(=O)=O. The van der Waals surface area contributed by atoms with Crippen molar-refractivity contribution in [3.8, 4) is 0 Å². The number of sulfone groups is 1. The molecule has 27 heavy (non-hydrogen) atoms. The van der Waals surface area contributed by atoms with Gasteiger partial charge in [-0.2, -0.15) is 5.10 Å². The second-order valence-electron chi connectivity index (χ2n) is 7.08. The average molecular weight is 392 g/mol. The Morgan fingerprint density at radius 2 is 2.11 bits per heavy atom. The first kappa shape index (κ1) is 19.4.